The van der Waals surface area contributed by atoms with Crippen molar-refractivity contribution in [1.29, 1.82) is 0 Å². The molecule has 1 aromatic rings. The number of rotatable bonds is 6. The van der Waals surface area contributed by atoms with Crippen molar-refractivity contribution in [3.05, 3.63) is 46.3 Å². The van der Waals surface area contributed by atoms with Gasteiger partial charge in [0.1, 0.15) is 12.4 Å². The van der Waals surface area contributed by atoms with Crippen molar-refractivity contribution in [2.45, 2.75) is 6.92 Å². The molecule has 0 aliphatic rings. The van der Waals surface area contributed by atoms with Gasteiger partial charge >= 0.3 is 11.7 Å². The van der Waals surface area contributed by atoms with Gasteiger partial charge in [-0.3, -0.25) is 10.1 Å². The van der Waals surface area contributed by atoms with Crippen molar-refractivity contribution in [2.75, 3.05) is 13.2 Å². The van der Waals surface area contributed by atoms with Gasteiger partial charge in [0, 0.05) is 0 Å². The second kappa shape index (κ2) is 6.48. The standard InChI is InChI=1S/C12H12FNO5/c1-3-18-12(15)8(2)7-19-11-5-4-9(13)6-10(11)14(16)17/h4-6H,2-3,7H2,1H3. The maximum absolute atomic E-state index is 12.9. The summed E-state index contributed by atoms with van der Waals surface area (Å²) in [6, 6.07) is 2.88. The highest BCUT2D eigenvalue weighted by atomic mass is 19.1. The molecule has 0 spiro atoms. The maximum Gasteiger partial charge on any atom is 0.336 e. The Labute approximate surface area is 108 Å². The summed E-state index contributed by atoms with van der Waals surface area (Å²) in [7, 11) is 0. The van der Waals surface area contributed by atoms with Crippen LogP contribution in [0.1, 0.15) is 6.92 Å². The van der Waals surface area contributed by atoms with Gasteiger partial charge in [0.05, 0.1) is 23.2 Å². The topological polar surface area (TPSA) is 78.7 Å². The molecule has 0 saturated carbocycles. The zero-order valence-corrected chi connectivity index (χ0v) is 10.2. The molecule has 0 aromatic heterocycles. The quantitative estimate of drug-likeness (QED) is 0.342. The highest BCUT2D eigenvalue weighted by molar-refractivity contribution is 5.88. The average Bonchev–Trinajstić information content (AvgIpc) is 2.36. The second-order valence-corrected chi connectivity index (χ2v) is 3.48. The number of halogens is 1. The highest BCUT2D eigenvalue weighted by Crippen LogP contribution is 2.27. The third-order valence-corrected chi connectivity index (χ3v) is 2.08. The molecule has 0 unspecified atom stereocenters. The van der Waals surface area contributed by atoms with Crippen LogP contribution in [0.25, 0.3) is 0 Å². The van der Waals surface area contributed by atoms with E-state index in [-0.39, 0.29) is 24.5 Å². The normalized spacial score (nSPS) is 9.79. The van der Waals surface area contributed by atoms with E-state index in [1.165, 1.54) is 0 Å². The number of nitro groups is 1. The number of carbonyl (C=O) groups is 1. The Hall–Kier alpha value is -2.44. The van der Waals surface area contributed by atoms with E-state index < -0.39 is 22.4 Å². The van der Waals surface area contributed by atoms with Gasteiger partial charge in [-0.05, 0) is 19.1 Å². The fourth-order valence-electron chi connectivity index (χ4n) is 1.21. The predicted molar refractivity (Wildman–Crippen MR) is 64.3 cm³/mol. The van der Waals surface area contributed by atoms with Crippen molar-refractivity contribution >= 4 is 11.7 Å². The monoisotopic (exact) mass is 269 g/mol. The summed E-state index contributed by atoms with van der Waals surface area (Å²) in [6.45, 7) is 4.99. The van der Waals surface area contributed by atoms with Crippen molar-refractivity contribution in [3.8, 4) is 5.75 Å². The minimum atomic E-state index is -0.772. The fourth-order valence-corrected chi connectivity index (χ4v) is 1.21. The number of benzene rings is 1. The van der Waals surface area contributed by atoms with E-state index in [1.54, 1.807) is 6.92 Å². The lowest BCUT2D eigenvalue weighted by Gasteiger charge is -2.08. The van der Waals surface area contributed by atoms with Crippen LogP contribution in [0.2, 0.25) is 0 Å². The van der Waals surface area contributed by atoms with Crippen LogP contribution in [0, 0.1) is 15.9 Å². The van der Waals surface area contributed by atoms with Gasteiger partial charge in [-0.25, -0.2) is 9.18 Å². The van der Waals surface area contributed by atoms with Gasteiger partial charge in [-0.2, -0.15) is 0 Å². The van der Waals surface area contributed by atoms with Gasteiger partial charge in [-0.15, -0.1) is 0 Å². The first kappa shape index (κ1) is 14.6. The first-order valence-electron chi connectivity index (χ1n) is 5.37. The summed E-state index contributed by atoms with van der Waals surface area (Å²) in [4.78, 5) is 21.2. The molecule has 0 aliphatic carbocycles. The zero-order chi connectivity index (χ0) is 14.4. The van der Waals surface area contributed by atoms with Crippen molar-refractivity contribution in [1.82, 2.24) is 0 Å². The summed E-state index contributed by atoms with van der Waals surface area (Å²) in [5, 5.41) is 10.7. The van der Waals surface area contributed by atoms with E-state index in [1.807, 2.05) is 0 Å². The molecule has 0 radical (unpaired) electrons. The molecule has 0 fully saturated rings. The summed E-state index contributed by atoms with van der Waals surface area (Å²) in [5.41, 5.74) is -0.503. The molecule has 0 heterocycles. The number of nitrogens with zero attached hydrogens (tertiary/aromatic N) is 1. The molecule has 0 N–H and O–H groups in total. The van der Waals surface area contributed by atoms with Gasteiger partial charge in [0.2, 0.25) is 0 Å². The fraction of sp³-hybridized carbons (Fsp3) is 0.250. The molecule has 102 valence electrons. The number of hydrogen-bond acceptors (Lipinski definition) is 5. The van der Waals surface area contributed by atoms with E-state index in [9.17, 15) is 19.3 Å². The number of hydrogen-bond donors (Lipinski definition) is 0. The highest BCUT2D eigenvalue weighted by Gasteiger charge is 2.17. The SMILES string of the molecule is C=C(COc1ccc(F)cc1[N+](=O)[O-])C(=O)OCC. The molecule has 0 atom stereocenters. The second-order valence-electron chi connectivity index (χ2n) is 3.48. The van der Waals surface area contributed by atoms with Crippen LogP contribution in [0.5, 0.6) is 5.75 Å². The van der Waals surface area contributed by atoms with Crippen LogP contribution in [-0.2, 0) is 9.53 Å². The smallest absolute Gasteiger partial charge is 0.336 e. The number of esters is 1. The third kappa shape index (κ3) is 4.06. The lowest BCUT2D eigenvalue weighted by Crippen LogP contribution is -2.13. The molecular weight excluding hydrogens is 257 g/mol. The lowest BCUT2D eigenvalue weighted by atomic mass is 10.3. The Kier molecular flexibility index (Phi) is 4.99. The van der Waals surface area contributed by atoms with E-state index in [2.05, 4.69) is 11.3 Å². The maximum atomic E-state index is 12.9. The molecule has 1 rings (SSSR count). The van der Waals surface area contributed by atoms with Crippen LogP contribution < -0.4 is 4.74 Å². The number of carbonyl (C=O) groups excluding carboxylic acids is 1. The van der Waals surface area contributed by atoms with Gasteiger partial charge in [-0.1, -0.05) is 6.58 Å². The first-order valence-corrected chi connectivity index (χ1v) is 5.37. The first-order chi connectivity index (χ1) is 8.95. The Morgan fingerprint density at radius 3 is 2.79 bits per heavy atom. The number of nitro benzene ring substituents is 1. The Morgan fingerprint density at radius 2 is 2.21 bits per heavy atom. The molecule has 1 aromatic carbocycles. The molecular formula is C12H12FNO5. The summed E-state index contributed by atoms with van der Waals surface area (Å²) in [5.74, 6) is -1.53. The van der Waals surface area contributed by atoms with E-state index in [4.69, 9.17) is 4.74 Å². The van der Waals surface area contributed by atoms with E-state index >= 15 is 0 Å². The van der Waals surface area contributed by atoms with Crippen LogP contribution in [-0.4, -0.2) is 24.1 Å². The minimum absolute atomic E-state index is 0.0143. The zero-order valence-electron chi connectivity index (χ0n) is 10.2. The van der Waals surface area contributed by atoms with Crippen LogP contribution in [0.3, 0.4) is 0 Å². The van der Waals surface area contributed by atoms with Crippen LogP contribution >= 0.6 is 0 Å². The van der Waals surface area contributed by atoms with Gasteiger partial charge in [0.25, 0.3) is 0 Å². The van der Waals surface area contributed by atoms with Gasteiger partial charge in [0.15, 0.2) is 5.75 Å². The van der Waals surface area contributed by atoms with Crippen molar-refractivity contribution in [2.24, 2.45) is 0 Å². The molecule has 19 heavy (non-hydrogen) atoms. The molecule has 6 nitrogen and oxygen atoms in total. The van der Waals surface area contributed by atoms with Crippen molar-refractivity contribution in [3.63, 3.8) is 0 Å². The molecule has 0 bridgehead atoms. The number of ether oxygens (including phenoxy) is 2. The average molecular weight is 269 g/mol. The van der Waals surface area contributed by atoms with E-state index in [0.29, 0.717) is 0 Å². The summed E-state index contributed by atoms with van der Waals surface area (Å²) >= 11 is 0. The molecule has 0 amide bonds. The van der Waals surface area contributed by atoms with Crippen LogP contribution in [0.4, 0.5) is 10.1 Å². The lowest BCUT2D eigenvalue weighted by molar-refractivity contribution is -0.386. The predicted octanol–water partition coefficient (Wildman–Crippen LogP) is 2.23. The summed E-state index contributed by atoms with van der Waals surface area (Å²) < 4.78 is 22.6. The Morgan fingerprint density at radius 1 is 1.53 bits per heavy atom. The largest absolute Gasteiger partial charge is 0.482 e. The molecule has 0 saturated heterocycles. The Bertz CT molecular complexity index is 515. The summed E-state index contributed by atoms with van der Waals surface area (Å²) in [6.07, 6.45) is 0. The molecule has 7 heteroatoms. The van der Waals surface area contributed by atoms with Crippen molar-refractivity contribution < 1.29 is 23.6 Å². The van der Waals surface area contributed by atoms with E-state index in [0.717, 1.165) is 18.2 Å². The third-order valence-electron chi connectivity index (χ3n) is 2.08. The Balaban J connectivity index is 2.75. The van der Waals surface area contributed by atoms with Gasteiger partial charge < -0.3 is 9.47 Å². The van der Waals surface area contributed by atoms with Crippen LogP contribution in [0.15, 0.2) is 30.4 Å². The minimum Gasteiger partial charge on any atom is -0.482 e. The molecule has 0 aliphatic heterocycles.